The zero-order valence-corrected chi connectivity index (χ0v) is 9.56. The van der Waals surface area contributed by atoms with Crippen molar-refractivity contribution in [3.05, 3.63) is 35.9 Å². The topological polar surface area (TPSA) is 21.3 Å². The summed E-state index contributed by atoms with van der Waals surface area (Å²) in [5, 5.41) is 3.74. The molecule has 1 saturated heterocycles. The molecule has 16 heavy (non-hydrogen) atoms. The molecule has 3 rings (SSSR count). The van der Waals surface area contributed by atoms with Gasteiger partial charge in [0.2, 0.25) is 0 Å². The molecule has 2 aliphatic rings. The standard InChI is InChI=1S/C14H19NO/c1-2-5-11(6-3-1)9-12-10-16-14-8-4-7-13(14)15-12/h1-3,5-6,12-15H,4,7-10H2. The number of morpholine rings is 1. The second kappa shape index (κ2) is 4.56. The van der Waals surface area contributed by atoms with Crippen LogP contribution in [-0.2, 0) is 11.2 Å². The Bertz CT molecular complexity index is 338. The third-order valence-corrected chi connectivity index (χ3v) is 3.74. The van der Waals surface area contributed by atoms with Crippen LogP contribution in [0.1, 0.15) is 24.8 Å². The number of ether oxygens (including phenoxy) is 1. The normalized spacial score (nSPS) is 33.6. The molecule has 0 aromatic heterocycles. The highest BCUT2D eigenvalue weighted by Crippen LogP contribution is 2.26. The Hall–Kier alpha value is -0.860. The maximum atomic E-state index is 5.92. The number of fused-ring (bicyclic) bond motifs is 1. The van der Waals surface area contributed by atoms with Crippen LogP contribution in [0, 0.1) is 0 Å². The van der Waals surface area contributed by atoms with Gasteiger partial charge in [-0.15, -0.1) is 0 Å². The van der Waals surface area contributed by atoms with Gasteiger partial charge < -0.3 is 10.1 Å². The summed E-state index contributed by atoms with van der Waals surface area (Å²) in [5.74, 6) is 0. The molecule has 1 aliphatic heterocycles. The van der Waals surface area contributed by atoms with Gasteiger partial charge in [0.1, 0.15) is 0 Å². The quantitative estimate of drug-likeness (QED) is 0.819. The molecule has 1 aromatic rings. The van der Waals surface area contributed by atoms with Crippen LogP contribution in [0.2, 0.25) is 0 Å². The Balaban J connectivity index is 1.60. The van der Waals surface area contributed by atoms with Gasteiger partial charge in [0, 0.05) is 12.1 Å². The first kappa shape index (κ1) is 10.3. The summed E-state index contributed by atoms with van der Waals surface area (Å²) in [5.41, 5.74) is 1.40. The van der Waals surface area contributed by atoms with Crippen LogP contribution in [0.25, 0.3) is 0 Å². The van der Waals surface area contributed by atoms with Gasteiger partial charge in [-0.2, -0.15) is 0 Å². The molecule has 1 heterocycles. The van der Waals surface area contributed by atoms with Gasteiger partial charge in [-0.25, -0.2) is 0 Å². The third kappa shape index (κ3) is 2.13. The number of hydrogen-bond donors (Lipinski definition) is 1. The lowest BCUT2D eigenvalue weighted by Crippen LogP contribution is -2.52. The number of benzene rings is 1. The van der Waals surface area contributed by atoms with E-state index >= 15 is 0 Å². The maximum absolute atomic E-state index is 5.92. The van der Waals surface area contributed by atoms with Crippen LogP contribution in [0.3, 0.4) is 0 Å². The molecule has 3 unspecified atom stereocenters. The SMILES string of the molecule is c1ccc(CC2COC3CCCC3N2)cc1. The zero-order chi connectivity index (χ0) is 10.8. The van der Waals surface area contributed by atoms with Crippen molar-refractivity contribution < 1.29 is 4.74 Å². The number of hydrogen-bond acceptors (Lipinski definition) is 2. The van der Waals surface area contributed by atoms with Crippen molar-refractivity contribution in [3.8, 4) is 0 Å². The van der Waals surface area contributed by atoms with E-state index in [1.807, 2.05) is 0 Å². The van der Waals surface area contributed by atoms with Crippen LogP contribution in [0.5, 0.6) is 0 Å². The van der Waals surface area contributed by atoms with E-state index in [4.69, 9.17) is 4.74 Å². The molecule has 1 aromatic carbocycles. The molecule has 2 nitrogen and oxygen atoms in total. The second-order valence-corrected chi connectivity index (χ2v) is 4.96. The summed E-state index contributed by atoms with van der Waals surface area (Å²) in [6.45, 7) is 0.871. The first-order valence-electron chi connectivity index (χ1n) is 6.33. The average Bonchev–Trinajstić information content (AvgIpc) is 2.77. The molecule has 1 saturated carbocycles. The third-order valence-electron chi connectivity index (χ3n) is 3.74. The minimum absolute atomic E-state index is 0.493. The molecule has 1 N–H and O–H groups in total. The Morgan fingerprint density at radius 3 is 2.94 bits per heavy atom. The molecule has 3 atom stereocenters. The highest BCUT2D eigenvalue weighted by Gasteiger charge is 2.33. The summed E-state index contributed by atoms with van der Waals surface area (Å²) in [6, 6.07) is 11.8. The maximum Gasteiger partial charge on any atom is 0.0728 e. The molecule has 2 fully saturated rings. The van der Waals surface area contributed by atoms with E-state index in [0.717, 1.165) is 13.0 Å². The van der Waals surface area contributed by atoms with E-state index in [0.29, 0.717) is 18.2 Å². The summed E-state index contributed by atoms with van der Waals surface area (Å²) >= 11 is 0. The van der Waals surface area contributed by atoms with Crippen molar-refractivity contribution in [3.63, 3.8) is 0 Å². The number of nitrogens with one attached hydrogen (secondary N) is 1. The van der Waals surface area contributed by atoms with Crippen LogP contribution in [0.4, 0.5) is 0 Å². The fourth-order valence-corrected chi connectivity index (χ4v) is 2.92. The van der Waals surface area contributed by atoms with Crippen molar-refractivity contribution >= 4 is 0 Å². The highest BCUT2D eigenvalue weighted by molar-refractivity contribution is 5.16. The number of rotatable bonds is 2. The second-order valence-electron chi connectivity index (χ2n) is 4.96. The van der Waals surface area contributed by atoms with Crippen molar-refractivity contribution in [1.29, 1.82) is 0 Å². The molecule has 0 amide bonds. The molecule has 2 heteroatoms. The van der Waals surface area contributed by atoms with Crippen molar-refractivity contribution in [2.75, 3.05) is 6.61 Å². The van der Waals surface area contributed by atoms with Gasteiger partial charge in [-0.3, -0.25) is 0 Å². The lowest BCUT2D eigenvalue weighted by molar-refractivity contribution is -0.0132. The van der Waals surface area contributed by atoms with Crippen LogP contribution in [0.15, 0.2) is 30.3 Å². The van der Waals surface area contributed by atoms with Gasteiger partial charge in [0.25, 0.3) is 0 Å². The summed E-state index contributed by atoms with van der Waals surface area (Å²) in [7, 11) is 0. The largest absolute Gasteiger partial charge is 0.375 e. The van der Waals surface area contributed by atoms with E-state index in [-0.39, 0.29) is 0 Å². The van der Waals surface area contributed by atoms with Gasteiger partial charge in [0.15, 0.2) is 0 Å². The van der Waals surface area contributed by atoms with Crippen molar-refractivity contribution in [2.45, 2.75) is 43.9 Å². The first-order valence-corrected chi connectivity index (χ1v) is 6.33. The van der Waals surface area contributed by atoms with E-state index in [1.54, 1.807) is 0 Å². The lowest BCUT2D eigenvalue weighted by Gasteiger charge is -2.33. The Morgan fingerprint density at radius 1 is 1.19 bits per heavy atom. The van der Waals surface area contributed by atoms with Crippen LogP contribution < -0.4 is 5.32 Å². The fraction of sp³-hybridized carbons (Fsp3) is 0.571. The Labute approximate surface area is 97.0 Å². The predicted molar refractivity (Wildman–Crippen MR) is 64.4 cm³/mol. The van der Waals surface area contributed by atoms with Crippen LogP contribution >= 0.6 is 0 Å². The van der Waals surface area contributed by atoms with E-state index in [2.05, 4.69) is 35.6 Å². The summed E-state index contributed by atoms with van der Waals surface area (Å²) in [4.78, 5) is 0. The van der Waals surface area contributed by atoms with Crippen LogP contribution in [-0.4, -0.2) is 24.8 Å². The smallest absolute Gasteiger partial charge is 0.0728 e. The molecule has 1 aliphatic carbocycles. The first-order chi connectivity index (χ1) is 7.92. The molecular formula is C14H19NO. The Morgan fingerprint density at radius 2 is 2.06 bits per heavy atom. The molecular weight excluding hydrogens is 198 g/mol. The van der Waals surface area contributed by atoms with E-state index < -0.39 is 0 Å². The minimum atomic E-state index is 0.493. The Kier molecular flexibility index (Phi) is 2.94. The van der Waals surface area contributed by atoms with Gasteiger partial charge >= 0.3 is 0 Å². The predicted octanol–water partition coefficient (Wildman–Crippen LogP) is 2.14. The van der Waals surface area contributed by atoms with Gasteiger partial charge in [-0.05, 0) is 31.2 Å². The van der Waals surface area contributed by atoms with Gasteiger partial charge in [-0.1, -0.05) is 30.3 Å². The van der Waals surface area contributed by atoms with E-state index in [9.17, 15) is 0 Å². The molecule has 0 radical (unpaired) electrons. The fourth-order valence-electron chi connectivity index (χ4n) is 2.92. The monoisotopic (exact) mass is 217 g/mol. The summed E-state index contributed by atoms with van der Waals surface area (Å²) < 4.78 is 5.92. The molecule has 0 spiro atoms. The van der Waals surface area contributed by atoms with Gasteiger partial charge in [0.05, 0.1) is 12.7 Å². The lowest BCUT2D eigenvalue weighted by atomic mass is 10.0. The average molecular weight is 217 g/mol. The van der Waals surface area contributed by atoms with E-state index in [1.165, 1.54) is 24.8 Å². The molecule has 0 bridgehead atoms. The molecule has 86 valence electrons. The van der Waals surface area contributed by atoms with Crippen molar-refractivity contribution in [1.82, 2.24) is 5.32 Å². The highest BCUT2D eigenvalue weighted by atomic mass is 16.5. The summed E-state index contributed by atoms with van der Waals surface area (Å²) in [6.07, 6.45) is 5.43. The van der Waals surface area contributed by atoms with Crippen molar-refractivity contribution in [2.24, 2.45) is 0 Å². The zero-order valence-electron chi connectivity index (χ0n) is 9.56. The minimum Gasteiger partial charge on any atom is -0.375 e.